The molecule has 136 valence electrons. The van der Waals surface area contributed by atoms with Crippen LogP contribution in [0.4, 0.5) is 0 Å². The molecule has 1 heterocycles. The molecule has 2 saturated carbocycles. The fourth-order valence-electron chi connectivity index (χ4n) is 3.97. The molecule has 1 unspecified atom stereocenters. The van der Waals surface area contributed by atoms with Gasteiger partial charge in [0.15, 0.2) is 0 Å². The number of fused-ring (bicyclic) bond motifs is 1. The van der Waals surface area contributed by atoms with Crippen LogP contribution in [0.2, 0.25) is 0 Å². The van der Waals surface area contributed by atoms with Gasteiger partial charge in [-0.25, -0.2) is 0 Å². The van der Waals surface area contributed by atoms with Crippen LogP contribution in [-0.2, 0) is 0 Å². The summed E-state index contributed by atoms with van der Waals surface area (Å²) in [6.07, 6.45) is 11.7. The van der Waals surface area contributed by atoms with E-state index in [1.165, 1.54) is 43.9 Å². The molecule has 0 spiro atoms. The molecule has 2 aromatic rings. The molecule has 2 aliphatic rings. The Kier molecular flexibility index (Phi) is 4.98. The highest BCUT2D eigenvalue weighted by atomic mass is 16.5. The molecule has 1 atom stereocenters. The van der Waals surface area contributed by atoms with E-state index < -0.39 is 0 Å². The van der Waals surface area contributed by atoms with Gasteiger partial charge in [0.25, 0.3) is 0 Å². The molecule has 0 aliphatic heterocycles. The molecular formula is C21H30N2O2. The zero-order valence-corrected chi connectivity index (χ0v) is 15.2. The van der Waals surface area contributed by atoms with E-state index in [0.29, 0.717) is 6.04 Å². The van der Waals surface area contributed by atoms with E-state index >= 15 is 0 Å². The van der Waals surface area contributed by atoms with Crippen molar-refractivity contribution in [3.05, 3.63) is 24.4 Å². The first-order chi connectivity index (χ1) is 12.2. The van der Waals surface area contributed by atoms with E-state index in [2.05, 4.69) is 29.1 Å². The summed E-state index contributed by atoms with van der Waals surface area (Å²) in [5.74, 6) is 2.50. The number of aliphatic hydroxyl groups is 1. The van der Waals surface area contributed by atoms with Crippen LogP contribution in [0.25, 0.3) is 10.9 Å². The van der Waals surface area contributed by atoms with Crippen LogP contribution in [-0.4, -0.2) is 27.6 Å². The molecule has 2 fully saturated rings. The lowest BCUT2D eigenvalue weighted by Crippen LogP contribution is -2.19. The average molecular weight is 342 g/mol. The Labute approximate surface area is 150 Å². The van der Waals surface area contributed by atoms with Crippen molar-refractivity contribution in [2.75, 3.05) is 6.61 Å². The van der Waals surface area contributed by atoms with Gasteiger partial charge in [0.05, 0.1) is 24.3 Å². The number of nitrogens with zero attached hydrogens (tertiary/aromatic N) is 2. The zero-order chi connectivity index (χ0) is 17.2. The van der Waals surface area contributed by atoms with Gasteiger partial charge in [0, 0.05) is 17.6 Å². The predicted molar refractivity (Wildman–Crippen MR) is 99.9 cm³/mol. The SMILES string of the molecule is CC(O)CCC1CCC(n2cc3ccc(OCC4CC4)cc3n2)CC1. The summed E-state index contributed by atoms with van der Waals surface area (Å²) < 4.78 is 8.06. The number of rotatable bonds is 7. The highest BCUT2D eigenvalue weighted by Gasteiger charge is 2.24. The van der Waals surface area contributed by atoms with Crippen molar-refractivity contribution in [1.82, 2.24) is 9.78 Å². The second-order valence-electron chi connectivity index (χ2n) is 8.19. The monoisotopic (exact) mass is 342 g/mol. The Morgan fingerprint density at radius 2 is 1.92 bits per heavy atom. The van der Waals surface area contributed by atoms with Crippen LogP contribution in [0, 0.1) is 11.8 Å². The second-order valence-corrected chi connectivity index (χ2v) is 8.19. The number of hydrogen-bond acceptors (Lipinski definition) is 3. The Morgan fingerprint density at radius 1 is 1.16 bits per heavy atom. The number of ether oxygens (including phenoxy) is 1. The minimum Gasteiger partial charge on any atom is -0.493 e. The zero-order valence-electron chi connectivity index (χ0n) is 15.2. The quantitative estimate of drug-likeness (QED) is 0.792. The molecule has 4 nitrogen and oxygen atoms in total. The number of aliphatic hydroxyl groups excluding tert-OH is 1. The molecule has 2 aliphatic carbocycles. The Balaban J connectivity index is 1.36. The van der Waals surface area contributed by atoms with Crippen molar-refractivity contribution in [3.63, 3.8) is 0 Å². The van der Waals surface area contributed by atoms with Gasteiger partial charge < -0.3 is 9.84 Å². The number of aromatic nitrogens is 2. The lowest BCUT2D eigenvalue weighted by molar-refractivity contribution is 0.161. The molecular weight excluding hydrogens is 312 g/mol. The van der Waals surface area contributed by atoms with Crippen LogP contribution in [0.5, 0.6) is 5.75 Å². The van der Waals surface area contributed by atoms with Gasteiger partial charge in [0.1, 0.15) is 5.75 Å². The topological polar surface area (TPSA) is 47.3 Å². The van der Waals surface area contributed by atoms with Gasteiger partial charge in [-0.15, -0.1) is 0 Å². The van der Waals surface area contributed by atoms with Crippen LogP contribution < -0.4 is 4.74 Å². The predicted octanol–water partition coefficient (Wildman–Crippen LogP) is 4.72. The first kappa shape index (κ1) is 16.9. The molecule has 0 amide bonds. The smallest absolute Gasteiger partial charge is 0.121 e. The van der Waals surface area contributed by atoms with Crippen molar-refractivity contribution in [1.29, 1.82) is 0 Å². The average Bonchev–Trinajstić information content (AvgIpc) is 3.35. The molecule has 1 aromatic heterocycles. The number of benzene rings is 1. The Hall–Kier alpha value is -1.55. The first-order valence-corrected chi connectivity index (χ1v) is 9.97. The maximum Gasteiger partial charge on any atom is 0.121 e. The molecule has 25 heavy (non-hydrogen) atoms. The van der Waals surface area contributed by atoms with E-state index in [1.807, 2.05) is 6.92 Å². The normalized spacial score (nSPS) is 25.2. The fourth-order valence-corrected chi connectivity index (χ4v) is 3.97. The number of hydrogen-bond donors (Lipinski definition) is 1. The highest BCUT2D eigenvalue weighted by Crippen LogP contribution is 2.35. The molecule has 0 saturated heterocycles. The molecule has 0 bridgehead atoms. The van der Waals surface area contributed by atoms with E-state index in [0.717, 1.165) is 42.6 Å². The van der Waals surface area contributed by atoms with E-state index in [-0.39, 0.29) is 6.10 Å². The van der Waals surface area contributed by atoms with Crippen LogP contribution >= 0.6 is 0 Å². The maximum absolute atomic E-state index is 9.46. The van der Waals surface area contributed by atoms with Gasteiger partial charge >= 0.3 is 0 Å². The molecule has 4 rings (SSSR count). The van der Waals surface area contributed by atoms with Crippen molar-refractivity contribution < 1.29 is 9.84 Å². The lowest BCUT2D eigenvalue weighted by Gasteiger charge is -2.29. The Bertz CT molecular complexity index is 697. The highest BCUT2D eigenvalue weighted by molar-refractivity contribution is 5.79. The summed E-state index contributed by atoms with van der Waals surface area (Å²) >= 11 is 0. The van der Waals surface area contributed by atoms with Crippen molar-refractivity contribution in [3.8, 4) is 5.75 Å². The molecule has 1 aromatic carbocycles. The standard InChI is InChI=1S/C21H30N2O2/c1-15(24)2-3-16-6-9-19(10-7-16)23-13-18-8-11-20(12-21(18)22-23)25-14-17-4-5-17/h8,11-13,15-17,19,24H,2-7,9-10,14H2,1H3. The molecule has 0 radical (unpaired) electrons. The maximum atomic E-state index is 9.46. The summed E-state index contributed by atoms with van der Waals surface area (Å²) in [4.78, 5) is 0. The van der Waals surface area contributed by atoms with Gasteiger partial charge in [-0.05, 0) is 82.3 Å². The minimum atomic E-state index is -0.162. The molecule has 1 N–H and O–H groups in total. The third-order valence-electron chi connectivity index (χ3n) is 5.86. The van der Waals surface area contributed by atoms with Crippen molar-refractivity contribution in [2.45, 2.75) is 70.4 Å². The van der Waals surface area contributed by atoms with Crippen LogP contribution in [0.1, 0.15) is 64.3 Å². The van der Waals surface area contributed by atoms with Crippen molar-refractivity contribution >= 4 is 10.9 Å². The van der Waals surface area contributed by atoms with Crippen LogP contribution in [0.3, 0.4) is 0 Å². The third kappa shape index (κ3) is 4.35. The lowest BCUT2D eigenvalue weighted by atomic mass is 9.83. The second kappa shape index (κ2) is 7.36. The first-order valence-electron chi connectivity index (χ1n) is 9.97. The van der Waals surface area contributed by atoms with Gasteiger partial charge in [-0.2, -0.15) is 5.10 Å². The van der Waals surface area contributed by atoms with E-state index in [1.54, 1.807) is 0 Å². The summed E-state index contributed by atoms with van der Waals surface area (Å²) in [6, 6.07) is 6.81. The van der Waals surface area contributed by atoms with Gasteiger partial charge in [-0.1, -0.05) is 0 Å². The summed E-state index contributed by atoms with van der Waals surface area (Å²) in [6.45, 7) is 2.74. The fraction of sp³-hybridized carbons (Fsp3) is 0.667. The van der Waals surface area contributed by atoms with Gasteiger partial charge in [0.2, 0.25) is 0 Å². The van der Waals surface area contributed by atoms with Crippen molar-refractivity contribution in [2.24, 2.45) is 11.8 Å². The van der Waals surface area contributed by atoms with E-state index in [4.69, 9.17) is 9.84 Å². The molecule has 4 heteroatoms. The summed E-state index contributed by atoms with van der Waals surface area (Å²) in [5, 5.41) is 15.5. The van der Waals surface area contributed by atoms with E-state index in [9.17, 15) is 5.11 Å². The van der Waals surface area contributed by atoms with Crippen LogP contribution in [0.15, 0.2) is 24.4 Å². The minimum absolute atomic E-state index is 0.162. The third-order valence-corrected chi connectivity index (χ3v) is 5.86. The summed E-state index contributed by atoms with van der Waals surface area (Å²) in [7, 11) is 0. The van der Waals surface area contributed by atoms with Gasteiger partial charge in [-0.3, -0.25) is 4.68 Å². The largest absolute Gasteiger partial charge is 0.493 e. The Morgan fingerprint density at radius 3 is 2.64 bits per heavy atom. The summed E-state index contributed by atoms with van der Waals surface area (Å²) in [5.41, 5.74) is 1.05.